The van der Waals surface area contributed by atoms with Crippen molar-refractivity contribution < 1.29 is 13.2 Å². The van der Waals surface area contributed by atoms with E-state index in [1.54, 1.807) is 31.9 Å². The number of nitrogens with one attached hydrogen (secondary N) is 1. The van der Waals surface area contributed by atoms with Crippen molar-refractivity contribution in [1.29, 1.82) is 0 Å². The average molecular weight is 375 g/mol. The summed E-state index contributed by atoms with van der Waals surface area (Å²) in [6.07, 6.45) is 0.974. The maximum atomic E-state index is 12.8. The molecule has 0 unspecified atom stereocenters. The Hall–Kier alpha value is -2.18. The van der Waals surface area contributed by atoms with Gasteiger partial charge in [-0.1, -0.05) is 44.2 Å². The molecule has 0 atom stereocenters. The summed E-state index contributed by atoms with van der Waals surface area (Å²) in [5.41, 5.74) is 3.43. The normalized spacial score (nSPS) is 11.4. The molecule has 0 aliphatic carbocycles. The van der Waals surface area contributed by atoms with Gasteiger partial charge in [-0.15, -0.1) is 0 Å². The van der Waals surface area contributed by atoms with Crippen molar-refractivity contribution in [2.45, 2.75) is 38.6 Å². The summed E-state index contributed by atoms with van der Waals surface area (Å²) in [6, 6.07) is 12.8. The molecule has 2 aromatic rings. The van der Waals surface area contributed by atoms with Gasteiger partial charge in [0.05, 0.1) is 4.90 Å². The molecule has 6 heteroatoms. The van der Waals surface area contributed by atoms with Gasteiger partial charge in [-0.3, -0.25) is 4.79 Å². The highest BCUT2D eigenvalue weighted by molar-refractivity contribution is 7.89. The van der Waals surface area contributed by atoms with Crippen molar-refractivity contribution in [3.63, 3.8) is 0 Å². The lowest BCUT2D eigenvalue weighted by molar-refractivity contribution is 0.0784. The van der Waals surface area contributed by atoms with E-state index in [9.17, 15) is 13.2 Å². The van der Waals surface area contributed by atoms with Gasteiger partial charge in [0, 0.05) is 25.7 Å². The van der Waals surface area contributed by atoms with Crippen LogP contribution in [-0.4, -0.2) is 32.8 Å². The summed E-state index contributed by atoms with van der Waals surface area (Å²) in [4.78, 5) is 14.6. The van der Waals surface area contributed by atoms with Gasteiger partial charge in [-0.2, -0.15) is 0 Å². The van der Waals surface area contributed by atoms with Crippen LogP contribution in [-0.2, 0) is 23.0 Å². The highest BCUT2D eigenvalue weighted by Crippen LogP contribution is 2.18. The number of hydrogen-bond acceptors (Lipinski definition) is 3. The summed E-state index contributed by atoms with van der Waals surface area (Å²) < 4.78 is 26.9. The molecule has 0 fully saturated rings. The Morgan fingerprint density at radius 2 is 1.65 bits per heavy atom. The maximum Gasteiger partial charge on any atom is 0.254 e. The molecule has 0 aliphatic heterocycles. The van der Waals surface area contributed by atoms with Gasteiger partial charge in [0.1, 0.15) is 0 Å². The summed E-state index contributed by atoms with van der Waals surface area (Å²) >= 11 is 0. The zero-order valence-electron chi connectivity index (χ0n) is 15.7. The standard InChI is InChI=1S/C20H26N2O3S/c1-5-16-8-10-17(11-9-16)14-22(4)20(23)19-13-18(12-7-15(19)3)26(24,25)21-6-2/h7-13,21H,5-6,14H2,1-4H3. The van der Waals surface area contributed by atoms with Crippen LogP contribution in [0.4, 0.5) is 0 Å². The van der Waals surface area contributed by atoms with Crippen LogP contribution in [0.25, 0.3) is 0 Å². The maximum absolute atomic E-state index is 12.8. The van der Waals surface area contributed by atoms with Crippen molar-refractivity contribution in [1.82, 2.24) is 9.62 Å². The number of aryl methyl sites for hydroxylation is 2. The molecule has 0 saturated heterocycles. The van der Waals surface area contributed by atoms with Crippen molar-refractivity contribution in [3.8, 4) is 0 Å². The Kier molecular flexibility index (Phi) is 6.56. The van der Waals surface area contributed by atoms with Gasteiger partial charge in [0.25, 0.3) is 5.91 Å². The van der Waals surface area contributed by atoms with Crippen molar-refractivity contribution >= 4 is 15.9 Å². The molecule has 0 heterocycles. The molecule has 0 aliphatic rings. The fourth-order valence-corrected chi connectivity index (χ4v) is 3.77. The number of sulfonamides is 1. The quantitative estimate of drug-likeness (QED) is 0.810. The van der Waals surface area contributed by atoms with E-state index >= 15 is 0 Å². The fourth-order valence-electron chi connectivity index (χ4n) is 2.70. The average Bonchev–Trinajstić information content (AvgIpc) is 2.62. The van der Waals surface area contributed by atoms with E-state index < -0.39 is 10.0 Å². The molecule has 140 valence electrons. The Morgan fingerprint density at radius 1 is 1.04 bits per heavy atom. The number of amides is 1. The summed E-state index contributed by atoms with van der Waals surface area (Å²) in [5, 5.41) is 0. The molecule has 1 amide bonds. The van der Waals surface area contributed by atoms with Gasteiger partial charge >= 0.3 is 0 Å². The summed E-state index contributed by atoms with van der Waals surface area (Å²) in [6.45, 7) is 6.39. The zero-order valence-corrected chi connectivity index (χ0v) is 16.6. The zero-order chi connectivity index (χ0) is 19.3. The third kappa shape index (κ3) is 4.71. The first-order chi connectivity index (χ1) is 12.3. The van der Waals surface area contributed by atoms with Gasteiger partial charge in [0.15, 0.2) is 0 Å². The highest BCUT2D eigenvalue weighted by Gasteiger charge is 2.19. The summed E-state index contributed by atoms with van der Waals surface area (Å²) in [7, 11) is -1.87. The highest BCUT2D eigenvalue weighted by atomic mass is 32.2. The van der Waals surface area contributed by atoms with Crippen molar-refractivity contribution in [2.24, 2.45) is 0 Å². The number of nitrogens with zero attached hydrogens (tertiary/aromatic N) is 1. The minimum absolute atomic E-state index is 0.106. The number of hydrogen-bond donors (Lipinski definition) is 1. The van der Waals surface area contributed by atoms with Crippen LogP contribution in [0.3, 0.4) is 0 Å². The molecule has 0 saturated carbocycles. The molecular weight excluding hydrogens is 348 g/mol. The Labute approximate surface area is 156 Å². The van der Waals surface area contributed by atoms with Crippen LogP contribution in [0.5, 0.6) is 0 Å². The van der Waals surface area contributed by atoms with Crippen LogP contribution in [0.15, 0.2) is 47.4 Å². The van der Waals surface area contributed by atoms with Crippen LogP contribution >= 0.6 is 0 Å². The summed E-state index contributed by atoms with van der Waals surface area (Å²) in [5.74, 6) is -0.199. The first-order valence-corrected chi connectivity index (χ1v) is 10.2. The first-order valence-electron chi connectivity index (χ1n) is 8.72. The van der Waals surface area contributed by atoms with Gasteiger partial charge in [0.2, 0.25) is 10.0 Å². The van der Waals surface area contributed by atoms with Crippen LogP contribution in [0.1, 0.15) is 40.9 Å². The van der Waals surface area contributed by atoms with Gasteiger partial charge in [-0.05, 0) is 42.2 Å². The Morgan fingerprint density at radius 3 is 2.23 bits per heavy atom. The molecule has 0 radical (unpaired) electrons. The van der Waals surface area contributed by atoms with Crippen LogP contribution in [0.2, 0.25) is 0 Å². The molecule has 0 spiro atoms. The predicted octanol–water partition coefficient (Wildman–Crippen LogP) is 3.13. The van der Waals surface area contributed by atoms with Crippen LogP contribution in [0, 0.1) is 6.92 Å². The smallest absolute Gasteiger partial charge is 0.254 e. The SMILES string of the molecule is CCNS(=O)(=O)c1ccc(C)c(C(=O)N(C)Cc2ccc(CC)cc2)c1. The molecule has 0 aromatic heterocycles. The van der Waals surface area contributed by atoms with E-state index in [1.165, 1.54) is 17.7 Å². The Balaban J connectivity index is 2.24. The van der Waals surface area contributed by atoms with E-state index in [4.69, 9.17) is 0 Å². The van der Waals surface area contributed by atoms with E-state index in [1.807, 2.05) is 12.1 Å². The topological polar surface area (TPSA) is 66.5 Å². The van der Waals surface area contributed by atoms with E-state index in [0.717, 1.165) is 17.5 Å². The molecule has 1 N–H and O–H groups in total. The first kappa shape index (κ1) is 20.1. The predicted molar refractivity (Wildman–Crippen MR) is 104 cm³/mol. The number of rotatable bonds is 7. The molecular formula is C20H26N2O3S. The van der Waals surface area contributed by atoms with E-state index in [-0.39, 0.29) is 10.8 Å². The lowest BCUT2D eigenvalue weighted by atomic mass is 10.1. The van der Waals surface area contributed by atoms with E-state index in [2.05, 4.69) is 23.8 Å². The number of carbonyl (C=O) groups is 1. The minimum Gasteiger partial charge on any atom is -0.337 e. The van der Waals surface area contributed by atoms with E-state index in [0.29, 0.717) is 18.7 Å². The fraction of sp³-hybridized carbons (Fsp3) is 0.350. The lowest BCUT2D eigenvalue weighted by Crippen LogP contribution is -2.28. The molecule has 5 nitrogen and oxygen atoms in total. The minimum atomic E-state index is -3.60. The number of carbonyl (C=O) groups excluding carboxylic acids is 1. The van der Waals surface area contributed by atoms with Gasteiger partial charge in [-0.25, -0.2) is 13.1 Å². The second-order valence-electron chi connectivity index (χ2n) is 6.31. The molecule has 2 rings (SSSR count). The third-order valence-electron chi connectivity index (χ3n) is 4.28. The Bertz CT molecular complexity index is 874. The monoisotopic (exact) mass is 374 g/mol. The third-order valence-corrected chi connectivity index (χ3v) is 5.83. The van der Waals surface area contributed by atoms with Gasteiger partial charge < -0.3 is 4.90 Å². The molecule has 0 bridgehead atoms. The van der Waals surface area contributed by atoms with Crippen molar-refractivity contribution in [2.75, 3.05) is 13.6 Å². The second-order valence-corrected chi connectivity index (χ2v) is 8.08. The lowest BCUT2D eigenvalue weighted by Gasteiger charge is -2.19. The largest absolute Gasteiger partial charge is 0.337 e. The molecule has 2 aromatic carbocycles. The molecule has 26 heavy (non-hydrogen) atoms. The van der Waals surface area contributed by atoms with Crippen LogP contribution < -0.4 is 4.72 Å². The number of benzene rings is 2. The second kappa shape index (κ2) is 8.47. The van der Waals surface area contributed by atoms with Crippen molar-refractivity contribution in [3.05, 3.63) is 64.7 Å².